The van der Waals surface area contributed by atoms with Gasteiger partial charge in [0.25, 0.3) is 0 Å². The molecular formula is C12H18N2O3. The van der Waals surface area contributed by atoms with E-state index >= 15 is 0 Å². The van der Waals surface area contributed by atoms with Crippen LogP contribution in [-0.2, 0) is 16.1 Å². The maximum Gasteiger partial charge on any atom is 0.304 e. The predicted octanol–water partition coefficient (Wildman–Crippen LogP) is 1.47. The summed E-state index contributed by atoms with van der Waals surface area (Å²) in [7, 11) is 1.68. The van der Waals surface area contributed by atoms with Crippen molar-refractivity contribution in [2.45, 2.75) is 26.8 Å². The number of aliphatic carboxylic acids is 1. The van der Waals surface area contributed by atoms with Crippen LogP contribution in [0.15, 0.2) is 18.5 Å². The quantitative estimate of drug-likeness (QED) is 0.815. The van der Waals surface area contributed by atoms with Gasteiger partial charge in [-0.25, -0.2) is 0 Å². The lowest BCUT2D eigenvalue weighted by Crippen LogP contribution is -2.39. The maximum absolute atomic E-state index is 12.1. The van der Waals surface area contributed by atoms with Crippen LogP contribution >= 0.6 is 0 Å². The molecule has 0 aliphatic carbocycles. The molecule has 2 N–H and O–H groups in total. The van der Waals surface area contributed by atoms with Crippen molar-refractivity contribution in [1.29, 1.82) is 0 Å². The molecule has 1 aromatic rings. The second-order valence-corrected chi connectivity index (χ2v) is 4.83. The van der Waals surface area contributed by atoms with Gasteiger partial charge in [-0.1, -0.05) is 13.8 Å². The summed E-state index contributed by atoms with van der Waals surface area (Å²) in [5.41, 5.74) is 0.114. The van der Waals surface area contributed by atoms with E-state index in [-0.39, 0.29) is 12.3 Å². The van der Waals surface area contributed by atoms with Gasteiger partial charge in [0.1, 0.15) is 0 Å². The van der Waals surface area contributed by atoms with Crippen LogP contribution in [0.2, 0.25) is 0 Å². The first-order valence-corrected chi connectivity index (χ1v) is 5.42. The molecule has 0 aromatic carbocycles. The highest BCUT2D eigenvalue weighted by atomic mass is 16.4. The van der Waals surface area contributed by atoms with Gasteiger partial charge in [-0.2, -0.15) is 0 Å². The van der Waals surface area contributed by atoms with Crippen molar-refractivity contribution < 1.29 is 14.7 Å². The molecule has 1 rings (SSSR count). The maximum atomic E-state index is 12.1. The second-order valence-electron chi connectivity index (χ2n) is 4.83. The monoisotopic (exact) mass is 238 g/mol. The van der Waals surface area contributed by atoms with E-state index in [2.05, 4.69) is 4.98 Å². The Balaban J connectivity index is 2.65. The molecule has 0 radical (unpaired) electrons. The van der Waals surface area contributed by atoms with Crippen molar-refractivity contribution in [3.8, 4) is 0 Å². The van der Waals surface area contributed by atoms with Gasteiger partial charge >= 0.3 is 5.97 Å². The van der Waals surface area contributed by atoms with E-state index in [9.17, 15) is 9.59 Å². The van der Waals surface area contributed by atoms with Gasteiger partial charge in [0.05, 0.1) is 11.8 Å². The Hall–Kier alpha value is -1.78. The zero-order valence-corrected chi connectivity index (χ0v) is 10.4. The SMILES string of the molecule is CN(Cc1cc[nH]c1)C(=O)C(C)(C)CC(=O)O. The number of aromatic nitrogens is 1. The molecule has 1 aromatic heterocycles. The number of carbonyl (C=O) groups is 2. The molecule has 0 atom stereocenters. The first-order valence-electron chi connectivity index (χ1n) is 5.42. The molecular weight excluding hydrogens is 220 g/mol. The van der Waals surface area contributed by atoms with Crippen LogP contribution in [-0.4, -0.2) is 33.9 Å². The van der Waals surface area contributed by atoms with Crippen LogP contribution in [0.5, 0.6) is 0 Å². The van der Waals surface area contributed by atoms with Crippen LogP contribution in [0.25, 0.3) is 0 Å². The standard InChI is InChI=1S/C12H18N2O3/c1-12(2,6-10(15)16)11(17)14(3)8-9-4-5-13-7-9/h4-5,7,13H,6,8H2,1-3H3,(H,15,16). The van der Waals surface area contributed by atoms with Crippen molar-refractivity contribution >= 4 is 11.9 Å². The largest absolute Gasteiger partial charge is 0.481 e. The molecule has 17 heavy (non-hydrogen) atoms. The first-order chi connectivity index (χ1) is 7.83. The summed E-state index contributed by atoms with van der Waals surface area (Å²) < 4.78 is 0. The van der Waals surface area contributed by atoms with Crippen molar-refractivity contribution in [3.63, 3.8) is 0 Å². The first kappa shape index (κ1) is 13.3. The average Bonchev–Trinajstić information content (AvgIpc) is 2.67. The summed E-state index contributed by atoms with van der Waals surface area (Å²) in [4.78, 5) is 27.2. The van der Waals surface area contributed by atoms with Gasteiger partial charge in [0.2, 0.25) is 5.91 Å². The van der Waals surface area contributed by atoms with Crippen molar-refractivity contribution in [2.24, 2.45) is 5.41 Å². The van der Waals surface area contributed by atoms with Crippen molar-refractivity contribution in [2.75, 3.05) is 7.05 Å². The van der Waals surface area contributed by atoms with Gasteiger partial charge in [0.15, 0.2) is 0 Å². The summed E-state index contributed by atoms with van der Waals surface area (Å²) >= 11 is 0. The Kier molecular flexibility index (Phi) is 3.93. The third kappa shape index (κ3) is 3.62. The van der Waals surface area contributed by atoms with Gasteiger partial charge < -0.3 is 15.0 Å². The lowest BCUT2D eigenvalue weighted by molar-refractivity contribution is -0.148. The fraction of sp³-hybridized carbons (Fsp3) is 0.500. The van der Waals surface area contributed by atoms with E-state index in [0.29, 0.717) is 6.54 Å². The number of hydrogen-bond acceptors (Lipinski definition) is 2. The molecule has 5 nitrogen and oxygen atoms in total. The van der Waals surface area contributed by atoms with Crippen molar-refractivity contribution in [1.82, 2.24) is 9.88 Å². The fourth-order valence-electron chi connectivity index (χ4n) is 1.77. The number of amides is 1. The van der Waals surface area contributed by atoms with E-state index in [1.54, 1.807) is 32.0 Å². The lowest BCUT2D eigenvalue weighted by atomic mass is 9.87. The smallest absolute Gasteiger partial charge is 0.304 e. The van der Waals surface area contributed by atoms with Crippen molar-refractivity contribution in [3.05, 3.63) is 24.0 Å². The number of carbonyl (C=O) groups excluding carboxylic acids is 1. The molecule has 0 aliphatic rings. The summed E-state index contributed by atoms with van der Waals surface area (Å²) in [5.74, 6) is -1.13. The molecule has 0 fully saturated rings. The molecule has 0 spiro atoms. The summed E-state index contributed by atoms with van der Waals surface area (Å²) in [6.45, 7) is 3.78. The van der Waals surface area contributed by atoms with Gasteiger partial charge in [-0.3, -0.25) is 9.59 Å². The second kappa shape index (κ2) is 5.03. The average molecular weight is 238 g/mol. The number of carboxylic acid groups (broad SMARTS) is 1. The fourth-order valence-corrected chi connectivity index (χ4v) is 1.77. The van der Waals surface area contributed by atoms with E-state index in [1.165, 1.54) is 0 Å². The number of nitrogens with one attached hydrogen (secondary N) is 1. The number of hydrogen-bond donors (Lipinski definition) is 2. The summed E-state index contributed by atoms with van der Waals surface area (Å²) in [6, 6.07) is 1.88. The Morgan fingerprint density at radius 3 is 2.59 bits per heavy atom. The minimum absolute atomic E-state index is 0.163. The summed E-state index contributed by atoms with van der Waals surface area (Å²) in [5, 5.41) is 8.76. The van der Waals surface area contributed by atoms with Crippen LogP contribution in [0.3, 0.4) is 0 Å². The van der Waals surface area contributed by atoms with Gasteiger partial charge in [-0.05, 0) is 11.6 Å². The third-order valence-corrected chi connectivity index (χ3v) is 2.60. The van der Waals surface area contributed by atoms with Crippen LogP contribution in [0, 0.1) is 5.41 Å². The highest BCUT2D eigenvalue weighted by Gasteiger charge is 2.32. The normalized spacial score (nSPS) is 11.2. The lowest BCUT2D eigenvalue weighted by Gasteiger charge is -2.27. The van der Waals surface area contributed by atoms with Crippen LogP contribution in [0.4, 0.5) is 0 Å². The molecule has 0 saturated heterocycles. The molecule has 0 unspecified atom stereocenters. The zero-order chi connectivity index (χ0) is 13.1. The summed E-state index contributed by atoms with van der Waals surface area (Å²) in [6.07, 6.45) is 3.44. The Morgan fingerprint density at radius 1 is 1.47 bits per heavy atom. The predicted molar refractivity (Wildman–Crippen MR) is 63.3 cm³/mol. The van der Waals surface area contributed by atoms with E-state index in [0.717, 1.165) is 5.56 Å². The third-order valence-electron chi connectivity index (χ3n) is 2.60. The number of carboxylic acids is 1. The molecule has 5 heteroatoms. The molecule has 1 heterocycles. The zero-order valence-electron chi connectivity index (χ0n) is 10.4. The minimum atomic E-state index is -0.960. The number of rotatable bonds is 5. The highest BCUT2D eigenvalue weighted by molar-refractivity contribution is 5.86. The van der Waals surface area contributed by atoms with E-state index < -0.39 is 11.4 Å². The van der Waals surface area contributed by atoms with Crippen LogP contribution in [0.1, 0.15) is 25.8 Å². The molecule has 1 amide bonds. The topological polar surface area (TPSA) is 73.4 Å². The highest BCUT2D eigenvalue weighted by Crippen LogP contribution is 2.23. The molecule has 0 bridgehead atoms. The van der Waals surface area contributed by atoms with Gasteiger partial charge in [-0.15, -0.1) is 0 Å². The molecule has 0 aliphatic heterocycles. The Morgan fingerprint density at radius 2 is 2.12 bits per heavy atom. The molecule has 94 valence electrons. The number of nitrogens with zero attached hydrogens (tertiary/aromatic N) is 1. The van der Waals surface area contributed by atoms with Crippen LogP contribution < -0.4 is 0 Å². The number of aromatic amines is 1. The van der Waals surface area contributed by atoms with E-state index in [4.69, 9.17) is 5.11 Å². The van der Waals surface area contributed by atoms with E-state index in [1.807, 2.05) is 12.3 Å². The molecule has 0 saturated carbocycles. The minimum Gasteiger partial charge on any atom is -0.481 e. The van der Waals surface area contributed by atoms with Gasteiger partial charge in [0, 0.05) is 26.0 Å². The number of H-pyrrole nitrogens is 1. The Labute approximate surface area is 100 Å². The Bertz CT molecular complexity index is 396.